The highest BCUT2D eigenvalue weighted by Crippen LogP contribution is 2.26. The van der Waals surface area contributed by atoms with Crippen LogP contribution in [-0.4, -0.2) is 50.5 Å². The summed E-state index contributed by atoms with van der Waals surface area (Å²) < 4.78 is 0. The summed E-state index contributed by atoms with van der Waals surface area (Å²) in [7, 11) is 0. The number of amides is 1. The van der Waals surface area contributed by atoms with Crippen LogP contribution in [0.2, 0.25) is 0 Å². The maximum atomic E-state index is 12.8. The lowest BCUT2D eigenvalue weighted by Crippen LogP contribution is -2.43. The van der Waals surface area contributed by atoms with Gasteiger partial charge in [-0.15, -0.1) is 0 Å². The van der Waals surface area contributed by atoms with Gasteiger partial charge >= 0.3 is 0 Å². The number of piperidine rings is 1. The predicted octanol–water partition coefficient (Wildman–Crippen LogP) is 2.41. The number of hydrogen-bond acceptors (Lipinski definition) is 5. The standard InChI is InChI=1S/C21H23N7O/c29-21(22-8-7-14-10-23-17-6-2-1-5-16(14)17)15-4-3-9-28(11-15)20-18-19(25-12-24-18)26-13-27-20/h1-2,5-6,10,12-13,15,23H,3-4,7-9,11H2,(H,22,29)(H,24,25,26,27). The molecule has 1 fully saturated rings. The van der Waals surface area contributed by atoms with Gasteiger partial charge in [-0.05, 0) is 30.9 Å². The van der Waals surface area contributed by atoms with Crippen molar-refractivity contribution in [2.24, 2.45) is 5.92 Å². The van der Waals surface area contributed by atoms with E-state index in [1.807, 2.05) is 18.3 Å². The molecule has 4 aromatic rings. The molecule has 8 heteroatoms. The summed E-state index contributed by atoms with van der Waals surface area (Å²) in [6, 6.07) is 8.24. The summed E-state index contributed by atoms with van der Waals surface area (Å²) in [5.41, 5.74) is 3.84. The summed E-state index contributed by atoms with van der Waals surface area (Å²) in [4.78, 5) is 34.1. The lowest BCUT2D eigenvalue weighted by atomic mass is 9.97. The number of H-pyrrole nitrogens is 2. The normalized spacial score (nSPS) is 17.1. The van der Waals surface area contributed by atoms with E-state index < -0.39 is 0 Å². The van der Waals surface area contributed by atoms with Gasteiger partial charge in [-0.1, -0.05) is 18.2 Å². The highest BCUT2D eigenvalue weighted by Gasteiger charge is 2.27. The first-order valence-corrected chi connectivity index (χ1v) is 10.0. The fourth-order valence-electron chi connectivity index (χ4n) is 4.18. The molecule has 8 nitrogen and oxygen atoms in total. The van der Waals surface area contributed by atoms with Crippen molar-refractivity contribution in [1.29, 1.82) is 0 Å². The number of imidazole rings is 1. The fourth-order valence-corrected chi connectivity index (χ4v) is 4.18. The molecule has 0 saturated carbocycles. The van der Waals surface area contributed by atoms with E-state index in [9.17, 15) is 4.79 Å². The van der Waals surface area contributed by atoms with Crippen LogP contribution in [0.25, 0.3) is 22.1 Å². The molecule has 1 aliphatic rings. The number of nitrogens with one attached hydrogen (secondary N) is 3. The number of rotatable bonds is 5. The molecule has 29 heavy (non-hydrogen) atoms. The van der Waals surface area contributed by atoms with E-state index in [2.05, 4.69) is 47.3 Å². The van der Waals surface area contributed by atoms with Crippen LogP contribution in [0.3, 0.4) is 0 Å². The van der Waals surface area contributed by atoms with Crippen LogP contribution in [0.1, 0.15) is 18.4 Å². The van der Waals surface area contributed by atoms with Gasteiger partial charge in [0, 0.05) is 36.7 Å². The molecular weight excluding hydrogens is 366 g/mol. The Kier molecular flexibility index (Phi) is 4.59. The number of anilines is 1. The smallest absolute Gasteiger partial charge is 0.224 e. The molecule has 0 radical (unpaired) electrons. The number of carbonyl (C=O) groups is 1. The van der Waals surface area contributed by atoms with E-state index in [1.165, 1.54) is 17.3 Å². The van der Waals surface area contributed by atoms with Crippen molar-refractivity contribution in [2.75, 3.05) is 24.5 Å². The number of hydrogen-bond donors (Lipinski definition) is 3. The number of fused-ring (bicyclic) bond motifs is 2. The number of aromatic nitrogens is 5. The van der Waals surface area contributed by atoms with Gasteiger partial charge in [0.15, 0.2) is 11.5 Å². The van der Waals surface area contributed by atoms with Crippen LogP contribution in [-0.2, 0) is 11.2 Å². The van der Waals surface area contributed by atoms with Crippen molar-refractivity contribution in [1.82, 2.24) is 30.2 Å². The largest absolute Gasteiger partial charge is 0.361 e. The zero-order valence-corrected chi connectivity index (χ0v) is 16.1. The summed E-state index contributed by atoms with van der Waals surface area (Å²) in [6.45, 7) is 2.17. The van der Waals surface area contributed by atoms with Gasteiger partial charge < -0.3 is 20.2 Å². The molecule has 0 bridgehead atoms. The van der Waals surface area contributed by atoms with Crippen molar-refractivity contribution in [3.63, 3.8) is 0 Å². The Labute approximate surface area is 167 Å². The molecule has 1 atom stereocenters. The minimum Gasteiger partial charge on any atom is -0.361 e. The Hall–Kier alpha value is -3.42. The third kappa shape index (κ3) is 3.41. The van der Waals surface area contributed by atoms with E-state index >= 15 is 0 Å². The molecule has 1 aromatic carbocycles. The zero-order chi connectivity index (χ0) is 19.6. The molecule has 3 aromatic heterocycles. The third-order valence-corrected chi connectivity index (χ3v) is 5.66. The van der Waals surface area contributed by atoms with E-state index in [1.54, 1.807) is 6.33 Å². The highest BCUT2D eigenvalue weighted by molar-refractivity contribution is 5.85. The summed E-state index contributed by atoms with van der Waals surface area (Å²) >= 11 is 0. The first kappa shape index (κ1) is 17.7. The summed E-state index contributed by atoms with van der Waals surface area (Å²) in [5.74, 6) is 0.896. The number of para-hydroxylation sites is 1. The Balaban J connectivity index is 1.21. The maximum absolute atomic E-state index is 12.8. The van der Waals surface area contributed by atoms with Crippen molar-refractivity contribution in [3.05, 3.63) is 48.7 Å². The van der Waals surface area contributed by atoms with E-state index in [0.717, 1.165) is 42.7 Å². The molecular formula is C21H23N7O. The Morgan fingerprint density at radius 1 is 1.21 bits per heavy atom. The topological polar surface area (TPSA) is 103 Å². The van der Waals surface area contributed by atoms with Gasteiger partial charge in [0.25, 0.3) is 0 Å². The molecule has 1 amide bonds. The monoisotopic (exact) mass is 389 g/mol. The zero-order valence-electron chi connectivity index (χ0n) is 16.1. The molecule has 1 saturated heterocycles. The van der Waals surface area contributed by atoms with Crippen LogP contribution >= 0.6 is 0 Å². The minimum absolute atomic E-state index is 0.0420. The number of aromatic amines is 2. The lowest BCUT2D eigenvalue weighted by Gasteiger charge is -2.32. The summed E-state index contributed by atoms with van der Waals surface area (Å²) in [6.07, 6.45) is 7.86. The molecule has 3 N–H and O–H groups in total. The Morgan fingerprint density at radius 3 is 3.10 bits per heavy atom. The predicted molar refractivity (Wildman–Crippen MR) is 112 cm³/mol. The van der Waals surface area contributed by atoms with Crippen molar-refractivity contribution in [2.45, 2.75) is 19.3 Å². The average molecular weight is 389 g/mol. The number of nitrogens with zero attached hydrogens (tertiary/aromatic N) is 4. The first-order valence-electron chi connectivity index (χ1n) is 10.0. The van der Waals surface area contributed by atoms with Crippen molar-refractivity contribution in [3.8, 4) is 0 Å². The minimum atomic E-state index is -0.0420. The molecule has 148 valence electrons. The van der Waals surface area contributed by atoms with Gasteiger partial charge in [-0.25, -0.2) is 15.0 Å². The van der Waals surface area contributed by atoms with Crippen molar-refractivity contribution < 1.29 is 4.79 Å². The van der Waals surface area contributed by atoms with Crippen LogP contribution in [0.4, 0.5) is 5.82 Å². The molecule has 1 unspecified atom stereocenters. The van der Waals surface area contributed by atoms with Crippen molar-refractivity contribution >= 4 is 33.8 Å². The van der Waals surface area contributed by atoms with E-state index in [-0.39, 0.29) is 11.8 Å². The van der Waals surface area contributed by atoms with E-state index in [4.69, 9.17) is 0 Å². The SMILES string of the molecule is O=C(NCCc1c[nH]c2ccccc12)C1CCCN(c2ncnc3nc[nH]c23)C1. The van der Waals surface area contributed by atoms with Gasteiger partial charge in [0.2, 0.25) is 5.91 Å². The molecule has 0 aliphatic carbocycles. The number of carbonyl (C=O) groups excluding carboxylic acids is 1. The molecule has 5 rings (SSSR count). The van der Waals surface area contributed by atoms with Crippen LogP contribution in [0.15, 0.2) is 43.1 Å². The summed E-state index contributed by atoms with van der Waals surface area (Å²) in [5, 5.41) is 4.35. The van der Waals surface area contributed by atoms with Gasteiger partial charge in [0.05, 0.1) is 12.2 Å². The second kappa shape index (κ2) is 7.54. The van der Waals surface area contributed by atoms with Crippen LogP contribution < -0.4 is 10.2 Å². The molecule has 1 aliphatic heterocycles. The Morgan fingerprint density at radius 2 is 2.14 bits per heavy atom. The third-order valence-electron chi connectivity index (χ3n) is 5.66. The second-order valence-electron chi connectivity index (χ2n) is 7.48. The van der Waals surface area contributed by atoms with E-state index in [0.29, 0.717) is 18.7 Å². The van der Waals surface area contributed by atoms with Crippen LogP contribution in [0, 0.1) is 5.92 Å². The van der Waals surface area contributed by atoms with Gasteiger partial charge in [-0.3, -0.25) is 4.79 Å². The molecule has 0 spiro atoms. The Bertz CT molecular complexity index is 1150. The lowest BCUT2D eigenvalue weighted by molar-refractivity contribution is -0.125. The highest BCUT2D eigenvalue weighted by atomic mass is 16.1. The quantitative estimate of drug-likeness (QED) is 0.486. The maximum Gasteiger partial charge on any atom is 0.224 e. The van der Waals surface area contributed by atoms with Crippen LogP contribution in [0.5, 0.6) is 0 Å². The van der Waals surface area contributed by atoms with Gasteiger partial charge in [-0.2, -0.15) is 0 Å². The number of benzene rings is 1. The van der Waals surface area contributed by atoms with Gasteiger partial charge in [0.1, 0.15) is 11.8 Å². The first-order chi connectivity index (χ1) is 14.3. The second-order valence-corrected chi connectivity index (χ2v) is 7.48. The fraction of sp³-hybridized carbons (Fsp3) is 0.333. The molecule has 4 heterocycles. The average Bonchev–Trinajstić information content (AvgIpc) is 3.41.